The standard InChI is InChI=1S/C10H20N2O/c1-10(2)6-13-5-9(10)12-8-3-7(11)4-8/h7-9,12H,3-6,11H2,1-2H3. The molecular weight excluding hydrogens is 164 g/mol. The van der Waals surface area contributed by atoms with E-state index < -0.39 is 0 Å². The third-order valence-electron chi connectivity index (χ3n) is 3.31. The summed E-state index contributed by atoms with van der Waals surface area (Å²) in [7, 11) is 0. The zero-order valence-corrected chi connectivity index (χ0v) is 8.55. The van der Waals surface area contributed by atoms with Crippen molar-refractivity contribution >= 4 is 0 Å². The molecule has 1 aliphatic carbocycles. The van der Waals surface area contributed by atoms with Crippen molar-refractivity contribution in [1.82, 2.24) is 5.32 Å². The summed E-state index contributed by atoms with van der Waals surface area (Å²) in [5, 5.41) is 3.63. The van der Waals surface area contributed by atoms with Crippen molar-refractivity contribution in [3.8, 4) is 0 Å². The van der Waals surface area contributed by atoms with Crippen LogP contribution in [0.5, 0.6) is 0 Å². The van der Waals surface area contributed by atoms with Gasteiger partial charge in [-0.15, -0.1) is 0 Å². The minimum atomic E-state index is 0.291. The lowest BCUT2D eigenvalue weighted by Crippen LogP contribution is -2.55. The van der Waals surface area contributed by atoms with Crippen molar-refractivity contribution in [2.24, 2.45) is 11.1 Å². The second kappa shape index (κ2) is 3.23. The molecular formula is C10H20N2O. The van der Waals surface area contributed by atoms with Crippen LogP contribution < -0.4 is 11.1 Å². The van der Waals surface area contributed by atoms with Crippen molar-refractivity contribution in [1.29, 1.82) is 0 Å². The van der Waals surface area contributed by atoms with Gasteiger partial charge < -0.3 is 15.8 Å². The van der Waals surface area contributed by atoms with Crippen LogP contribution in [0, 0.1) is 5.41 Å². The first kappa shape index (κ1) is 9.44. The first-order chi connectivity index (χ1) is 6.08. The second-order valence-corrected chi connectivity index (χ2v) is 5.15. The van der Waals surface area contributed by atoms with Crippen LogP contribution in [0.3, 0.4) is 0 Å². The summed E-state index contributed by atoms with van der Waals surface area (Å²) in [6.45, 7) is 6.26. The zero-order chi connectivity index (χ0) is 9.47. The van der Waals surface area contributed by atoms with Gasteiger partial charge >= 0.3 is 0 Å². The second-order valence-electron chi connectivity index (χ2n) is 5.15. The van der Waals surface area contributed by atoms with Crippen molar-refractivity contribution in [2.45, 2.75) is 44.8 Å². The van der Waals surface area contributed by atoms with Gasteiger partial charge in [0, 0.05) is 23.5 Å². The summed E-state index contributed by atoms with van der Waals surface area (Å²) in [5.74, 6) is 0. The molecule has 1 heterocycles. The molecule has 0 aromatic rings. The topological polar surface area (TPSA) is 47.3 Å². The number of nitrogens with two attached hydrogens (primary N) is 1. The molecule has 76 valence electrons. The molecule has 0 amide bonds. The van der Waals surface area contributed by atoms with Crippen molar-refractivity contribution in [2.75, 3.05) is 13.2 Å². The van der Waals surface area contributed by atoms with Crippen molar-refractivity contribution in [3.05, 3.63) is 0 Å². The summed E-state index contributed by atoms with van der Waals surface area (Å²) >= 11 is 0. The van der Waals surface area contributed by atoms with E-state index >= 15 is 0 Å². The molecule has 1 unspecified atom stereocenters. The Bertz CT molecular complexity index is 187. The van der Waals surface area contributed by atoms with E-state index in [1.54, 1.807) is 0 Å². The first-order valence-electron chi connectivity index (χ1n) is 5.17. The Kier molecular flexibility index (Phi) is 2.34. The van der Waals surface area contributed by atoms with Gasteiger partial charge in [0.1, 0.15) is 0 Å². The summed E-state index contributed by atoms with van der Waals surface area (Å²) in [6, 6.07) is 1.59. The Balaban J connectivity index is 1.81. The van der Waals surface area contributed by atoms with Gasteiger partial charge in [0.25, 0.3) is 0 Å². The van der Waals surface area contributed by atoms with Gasteiger partial charge in [-0.25, -0.2) is 0 Å². The average molecular weight is 184 g/mol. The predicted octanol–water partition coefficient (Wildman–Crippen LogP) is 0.491. The molecule has 1 saturated carbocycles. The highest BCUT2D eigenvalue weighted by molar-refractivity contribution is 4.95. The van der Waals surface area contributed by atoms with Crippen molar-refractivity contribution < 1.29 is 4.74 Å². The van der Waals surface area contributed by atoms with E-state index in [1.165, 1.54) is 0 Å². The molecule has 3 N–H and O–H groups in total. The third kappa shape index (κ3) is 1.87. The van der Waals surface area contributed by atoms with Crippen LogP contribution in [0.4, 0.5) is 0 Å². The highest BCUT2D eigenvalue weighted by Gasteiger charge is 2.38. The van der Waals surface area contributed by atoms with E-state index in [9.17, 15) is 0 Å². The SMILES string of the molecule is CC1(C)COCC1NC1CC(N)C1. The lowest BCUT2D eigenvalue weighted by molar-refractivity contribution is 0.166. The van der Waals surface area contributed by atoms with Gasteiger partial charge in [-0.2, -0.15) is 0 Å². The molecule has 1 atom stereocenters. The average Bonchev–Trinajstić information content (AvgIpc) is 2.28. The molecule has 1 aliphatic heterocycles. The van der Waals surface area contributed by atoms with Crippen LogP contribution >= 0.6 is 0 Å². The molecule has 3 heteroatoms. The van der Waals surface area contributed by atoms with Gasteiger partial charge in [0.2, 0.25) is 0 Å². The fourth-order valence-electron chi connectivity index (χ4n) is 2.12. The molecule has 1 saturated heterocycles. The predicted molar refractivity (Wildman–Crippen MR) is 52.5 cm³/mol. The summed E-state index contributed by atoms with van der Waals surface area (Å²) in [6.07, 6.45) is 2.26. The Morgan fingerprint density at radius 2 is 2.08 bits per heavy atom. The van der Waals surface area contributed by atoms with E-state index in [-0.39, 0.29) is 0 Å². The number of ether oxygens (including phenoxy) is 1. The molecule has 0 aromatic heterocycles. The molecule has 2 fully saturated rings. The van der Waals surface area contributed by atoms with Gasteiger partial charge in [-0.3, -0.25) is 0 Å². The first-order valence-corrected chi connectivity index (χ1v) is 5.17. The zero-order valence-electron chi connectivity index (χ0n) is 8.55. The molecule has 0 bridgehead atoms. The lowest BCUT2D eigenvalue weighted by Gasteiger charge is -2.38. The highest BCUT2D eigenvalue weighted by atomic mass is 16.5. The maximum Gasteiger partial charge on any atom is 0.0626 e. The molecule has 13 heavy (non-hydrogen) atoms. The fraction of sp³-hybridized carbons (Fsp3) is 1.00. The highest BCUT2D eigenvalue weighted by Crippen LogP contribution is 2.29. The minimum absolute atomic E-state index is 0.291. The van der Waals surface area contributed by atoms with E-state index in [0.717, 1.165) is 26.1 Å². The third-order valence-corrected chi connectivity index (χ3v) is 3.31. The normalized spacial score (nSPS) is 43.2. The Labute approximate surface area is 80.0 Å². The Hall–Kier alpha value is -0.120. The fourth-order valence-corrected chi connectivity index (χ4v) is 2.12. The largest absolute Gasteiger partial charge is 0.379 e. The van der Waals surface area contributed by atoms with E-state index in [1.807, 2.05) is 0 Å². The van der Waals surface area contributed by atoms with Gasteiger partial charge in [0.15, 0.2) is 0 Å². The van der Waals surface area contributed by atoms with Crippen LogP contribution in [0.1, 0.15) is 26.7 Å². The van der Waals surface area contributed by atoms with Gasteiger partial charge in [-0.1, -0.05) is 13.8 Å². The molecule has 0 radical (unpaired) electrons. The van der Waals surface area contributed by atoms with Gasteiger partial charge in [0.05, 0.1) is 13.2 Å². The van der Waals surface area contributed by atoms with Gasteiger partial charge in [-0.05, 0) is 12.8 Å². The summed E-state index contributed by atoms with van der Waals surface area (Å²) < 4.78 is 5.47. The smallest absolute Gasteiger partial charge is 0.0626 e. The quantitative estimate of drug-likeness (QED) is 0.656. The Morgan fingerprint density at radius 1 is 1.38 bits per heavy atom. The van der Waals surface area contributed by atoms with E-state index in [4.69, 9.17) is 10.5 Å². The van der Waals surface area contributed by atoms with E-state index in [2.05, 4.69) is 19.2 Å². The van der Waals surface area contributed by atoms with Crippen LogP contribution in [0.15, 0.2) is 0 Å². The molecule has 2 rings (SSSR count). The minimum Gasteiger partial charge on any atom is -0.379 e. The number of hydrogen-bond acceptors (Lipinski definition) is 3. The lowest BCUT2D eigenvalue weighted by atomic mass is 9.83. The van der Waals surface area contributed by atoms with Crippen LogP contribution in [-0.2, 0) is 4.74 Å². The monoisotopic (exact) mass is 184 g/mol. The van der Waals surface area contributed by atoms with Crippen LogP contribution in [0.2, 0.25) is 0 Å². The van der Waals surface area contributed by atoms with Crippen molar-refractivity contribution in [3.63, 3.8) is 0 Å². The van der Waals surface area contributed by atoms with E-state index in [0.29, 0.717) is 23.5 Å². The number of rotatable bonds is 2. The molecule has 3 nitrogen and oxygen atoms in total. The maximum absolute atomic E-state index is 5.74. The Morgan fingerprint density at radius 3 is 2.54 bits per heavy atom. The molecule has 0 spiro atoms. The molecule has 2 aliphatic rings. The van der Waals surface area contributed by atoms with Crippen LogP contribution in [0.25, 0.3) is 0 Å². The molecule has 0 aromatic carbocycles. The number of nitrogens with one attached hydrogen (secondary N) is 1. The maximum atomic E-state index is 5.74. The summed E-state index contributed by atoms with van der Waals surface area (Å²) in [5.41, 5.74) is 6.03. The number of hydrogen-bond donors (Lipinski definition) is 2. The van der Waals surface area contributed by atoms with Crippen LogP contribution in [-0.4, -0.2) is 31.3 Å². The summed E-state index contributed by atoms with van der Waals surface area (Å²) in [4.78, 5) is 0.